The number of nitrogens with two attached hydrogens (primary N) is 1. The summed E-state index contributed by atoms with van der Waals surface area (Å²) in [6.07, 6.45) is 0.0758. The quantitative estimate of drug-likeness (QED) is 0.844. The van der Waals surface area contributed by atoms with Gasteiger partial charge in [0.2, 0.25) is 5.91 Å². The van der Waals surface area contributed by atoms with Crippen molar-refractivity contribution in [2.45, 2.75) is 6.42 Å². The maximum absolute atomic E-state index is 10.9. The number of hydrogen-bond donors (Lipinski definition) is 2. The fraction of sp³-hybridized carbons (Fsp3) is 0.400. The van der Waals surface area contributed by atoms with Gasteiger partial charge in [-0.1, -0.05) is 0 Å². The van der Waals surface area contributed by atoms with Crippen LogP contribution >= 0.6 is 0 Å². The zero-order chi connectivity index (χ0) is 15.5. The molecule has 0 spiro atoms. The van der Waals surface area contributed by atoms with E-state index in [1.165, 1.54) is 5.69 Å². The number of likely N-dealkylation sites (N-methyl/N-ethyl adjacent to an activating group) is 1. The molecule has 1 aliphatic rings. The molecule has 7 heteroatoms. The molecule has 22 heavy (non-hydrogen) atoms. The SMILES string of the molecule is CN1CCN(c2ccc(-c3n[nH]c(CC(N)=O)n3)cc2)CC1. The van der Waals surface area contributed by atoms with Gasteiger partial charge in [0.05, 0.1) is 6.42 Å². The lowest BCUT2D eigenvalue weighted by Crippen LogP contribution is -2.44. The number of aromatic amines is 1. The molecule has 116 valence electrons. The van der Waals surface area contributed by atoms with Crippen molar-refractivity contribution in [2.24, 2.45) is 5.73 Å². The number of amides is 1. The van der Waals surface area contributed by atoms with Crippen molar-refractivity contribution in [3.63, 3.8) is 0 Å². The van der Waals surface area contributed by atoms with E-state index in [0.717, 1.165) is 31.7 Å². The molecular formula is C15H20N6O. The summed E-state index contributed by atoms with van der Waals surface area (Å²) >= 11 is 0. The fourth-order valence-electron chi connectivity index (χ4n) is 2.55. The zero-order valence-electron chi connectivity index (χ0n) is 12.6. The maximum Gasteiger partial charge on any atom is 0.225 e. The van der Waals surface area contributed by atoms with E-state index in [4.69, 9.17) is 5.73 Å². The Labute approximate surface area is 129 Å². The van der Waals surface area contributed by atoms with Crippen LogP contribution in [0.15, 0.2) is 24.3 Å². The van der Waals surface area contributed by atoms with Crippen LogP contribution in [-0.4, -0.2) is 59.2 Å². The summed E-state index contributed by atoms with van der Waals surface area (Å²) in [5.74, 6) is 0.653. The number of nitrogens with zero attached hydrogens (tertiary/aromatic N) is 4. The molecule has 1 amide bonds. The lowest BCUT2D eigenvalue weighted by atomic mass is 10.1. The van der Waals surface area contributed by atoms with Crippen LogP contribution in [0.5, 0.6) is 0 Å². The molecule has 2 heterocycles. The fourth-order valence-corrected chi connectivity index (χ4v) is 2.55. The number of carbonyl (C=O) groups excluding carboxylic acids is 1. The van der Waals surface area contributed by atoms with E-state index in [1.54, 1.807) is 0 Å². The molecule has 0 bridgehead atoms. The van der Waals surface area contributed by atoms with Crippen molar-refractivity contribution < 1.29 is 4.79 Å². The predicted molar refractivity (Wildman–Crippen MR) is 84.4 cm³/mol. The Morgan fingerprint density at radius 1 is 1.23 bits per heavy atom. The lowest BCUT2D eigenvalue weighted by molar-refractivity contribution is -0.117. The summed E-state index contributed by atoms with van der Waals surface area (Å²) in [5, 5.41) is 6.87. The third-order valence-corrected chi connectivity index (χ3v) is 3.87. The smallest absolute Gasteiger partial charge is 0.225 e. The summed E-state index contributed by atoms with van der Waals surface area (Å²) in [4.78, 5) is 19.9. The van der Waals surface area contributed by atoms with Gasteiger partial charge >= 0.3 is 0 Å². The van der Waals surface area contributed by atoms with Crippen molar-refractivity contribution in [3.05, 3.63) is 30.1 Å². The van der Waals surface area contributed by atoms with Crippen molar-refractivity contribution in [3.8, 4) is 11.4 Å². The number of piperazine rings is 1. The van der Waals surface area contributed by atoms with Gasteiger partial charge in [-0.15, -0.1) is 0 Å². The average Bonchev–Trinajstić information content (AvgIpc) is 2.96. The Balaban J connectivity index is 1.71. The van der Waals surface area contributed by atoms with Gasteiger partial charge in [0.25, 0.3) is 0 Å². The minimum atomic E-state index is -0.423. The highest BCUT2D eigenvalue weighted by Crippen LogP contribution is 2.21. The number of carbonyl (C=O) groups is 1. The van der Waals surface area contributed by atoms with E-state index in [0.29, 0.717) is 11.6 Å². The van der Waals surface area contributed by atoms with Gasteiger partial charge in [-0.25, -0.2) is 4.98 Å². The van der Waals surface area contributed by atoms with E-state index < -0.39 is 5.91 Å². The van der Waals surface area contributed by atoms with Crippen LogP contribution in [0.1, 0.15) is 5.82 Å². The molecule has 0 saturated carbocycles. The standard InChI is InChI=1S/C15H20N6O/c1-20-6-8-21(9-7-20)12-4-2-11(3-5-12)15-17-14(18-19-15)10-13(16)22/h2-5H,6-10H2,1H3,(H2,16,22)(H,17,18,19). The predicted octanol–water partition coefficient (Wildman–Crippen LogP) is 0.251. The van der Waals surface area contributed by atoms with Crippen LogP contribution in [0.3, 0.4) is 0 Å². The number of anilines is 1. The summed E-state index contributed by atoms with van der Waals surface area (Å²) < 4.78 is 0. The number of H-pyrrole nitrogens is 1. The van der Waals surface area contributed by atoms with Crippen molar-refractivity contribution in [1.82, 2.24) is 20.1 Å². The molecule has 0 unspecified atom stereocenters. The first kappa shape index (κ1) is 14.5. The second-order valence-electron chi connectivity index (χ2n) is 5.59. The molecule has 2 aromatic rings. The first-order valence-electron chi connectivity index (χ1n) is 7.35. The number of aromatic nitrogens is 3. The van der Waals surface area contributed by atoms with Gasteiger partial charge in [-0.2, -0.15) is 5.10 Å². The third-order valence-electron chi connectivity index (χ3n) is 3.87. The van der Waals surface area contributed by atoms with Gasteiger partial charge in [-0.3, -0.25) is 9.89 Å². The van der Waals surface area contributed by atoms with Crippen LogP contribution in [-0.2, 0) is 11.2 Å². The Morgan fingerprint density at radius 2 is 1.91 bits per heavy atom. The van der Waals surface area contributed by atoms with Gasteiger partial charge in [0.1, 0.15) is 5.82 Å². The van der Waals surface area contributed by atoms with Crippen molar-refractivity contribution in [1.29, 1.82) is 0 Å². The molecule has 1 fully saturated rings. The highest BCUT2D eigenvalue weighted by molar-refractivity contribution is 5.75. The van der Waals surface area contributed by atoms with E-state index >= 15 is 0 Å². The van der Waals surface area contributed by atoms with E-state index in [2.05, 4.69) is 44.2 Å². The first-order valence-corrected chi connectivity index (χ1v) is 7.35. The van der Waals surface area contributed by atoms with Gasteiger partial charge in [-0.05, 0) is 31.3 Å². The van der Waals surface area contributed by atoms with Crippen LogP contribution < -0.4 is 10.6 Å². The molecule has 1 aromatic heterocycles. The van der Waals surface area contributed by atoms with Gasteiger partial charge < -0.3 is 15.5 Å². The van der Waals surface area contributed by atoms with Crippen molar-refractivity contribution >= 4 is 11.6 Å². The topological polar surface area (TPSA) is 91.1 Å². The van der Waals surface area contributed by atoms with Gasteiger partial charge in [0, 0.05) is 37.4 Å². The average molecular weight is 300 g/mol. The lowest BCUT2D eigenvalue weighted by Gasteiger charge is -2.34. The number of nitrogens with one attached hydrogen (secondary N) is 1. The zero-order valence-corrected chi connectivity index (χ0v) is 12.6. The molecule has 0 aliphatic carbocycles. The van der Waals surface area contributed by atoms with Crippen LogP contribution in [0.4, 0.5) is 5.69 Å². The molecule has 0 radical (unpaired) electrons. The molecule has 1 aliphatic heterocycles. The minimum absolute atomic E-state index is 0.0758. The number of benzene rings is 1. The molecular weight excluding hydrogens is 280 g/mol. The summed E-state index contributed by atoms with van der Waals surface area (Å²) in [6, 6.07) is 8.19. The Hall–Kier alpha value is -2.41. The second-order valence-corrected chi connectivity index (χ2v) is 5.59. The number of hydrogen-bond acceptors (Lipinski definition) is 5. The highest BCUT2D eigenvalue weighted by Gasteiger charge is 2.14. The molecule has 1 aromatic carbocycles. The molecule has 7 nitrogen and oxygen atoms in total. The Bertz CT molecular complexity index is 642. The largest absolute Gasteiger partial charge is 0.369 e. The van der Waals surface area contributed by atoms with E-state index in [1.807, 2.05) is 12.1 Å². The normalized spacial score (nSPS) is 16.0. The summed E-state index contributed by atoms with van der Waals surface area (Å²) in [7, 11) is 2.15. The van der Waals surface area contributed by atoms with Crippen LogP contribution in [0.25, 0.3) is 11.4 Å². The van der Waals surface area contributed by atoms with Gasteiger partial charge in [0.15, 0.2) is 5.82 Å². The summed E-state index contributed by atoms with van der Waals surface area (Å²) in [6.45, 7) is 4.25. The van der Waals surface area contributed by atoms with E-state index in [9.17, 15) is 4.79 Å². The van der Waals surface area contributed by atoms with Crippen LogP contribution in [0, 0.1) is 0 Å². The monoisotopic (exact) mass is 300 g/mol. The van der Waals surface area contributed by atoms with E-state index in [-0.39, 0.29) is 6.42 Å². The second kappa shape index (κ2) is 6.15. The molecule has 1 saturated heterocycles. The highest BCUT2D eigenvalue weighted by atomic mass is 16.1. The first-order chi connectivity index (χ1) is 10.6. The molecule has 3 N–H and O–H groups in total. The molecule has 0 atom stereocenters. The molecule has 3 rings (SSSR count). The number of primary amides is 1. The van der Waals surface area contributed by atoms with Crippen LogP contribution in [0.2, 0.25) is 0 Å². The third kappa shape index (κ3) is 3.25. The Morgan fingerprint density at radius 3 is 2.55 bits per heavy atom. The minimum Gasteiger partial charge on any atom is -0.369 e. The van der Waals surface area contributed by atoms with Crippen molar-refractivity contribution in [2.75, 3.05) is 38.1 Å². The summed E-state index contributed by atoms with van der Waals surface area (Å²) in [5.41, 5.74) is 7.28. The maximum atomic E-state index is 10.9. The number of rotatable bonds is 4. The Kier molecular flexibility index (Phi) is 4.06.